The number of ether oxygens (including phenoxy) is 1. The normalized spacial score (nSPS) is 27.0. The highest BCUT2D eigenvalue weighted by molar-refractivity contribution is 6.05. The van der Waals surface area contributed by atoms with Gasteiger partial charge in [0.25, 0.3) is 5.91 Å². The van der Waals surface area contributed by atoms with Crippen LogP contribution >= 0.6 is 0 Å². The lowest BCUT2D eigenvalue weighted by atomic mass is 9.88. The molecule has 0 unspecified atom stereocenters. The van der Waals surface area contributed by atoms with Crippen LogP contribution in [0.3, 0.4) is 0 Å². The summed E-state index contributed by atoms with van der Waals surface area (Å²) in [4.78, 5) is 24.1. The predicted octanol–water partition coefficient (Wildman–Crippen LogP) is 0.994. The number of hydrogen-bond donors (Lipinski definition) is 2. The van der Waals surface area contributed by atoms with Crippen molar-refractivity contribution >= 4 is 11.9 Å². The van der Waals surface area contributed by atoms with E-state index in [0.717, 1.165) is 25.7 Å². The van der Waals surface area contributed by atoms with E-state index >= 15 is 0 Å². The summed E-state index contributed by atoms with van der Waals surface area (Å²) in [5.41, 5.74) is -0.188. The van der Waals surface area contributed by atoms with Crippen LogP contribution in [0, 0.1) is 17.2 Å². The molecule has 6 heteroatoms. The van der Waals surface area contributed by atoms with Gasteiger partial charge in [-0.2, -0.15) is 5.26 Å². The van der Waals surface area contributed by atoms with Crippen LogP contribution in [-0.4, -0.2) is 30.6 Å². The maximum Gasteiger partial charge on any atom is 0.351 e. The summed E-state index contributed by atoms with van der Waals surface area (Å²) in [5.74, 6) is -0.955. The van der Waals surface area contributed by atoms with Crippen molar-refractivity contribution in [3.8, 4) is 6.07 Å². The van der Waals surface area contributed by atoms with Gasteiger partial charge >= 0.3 is 5.97 Å². The lowest BCUT2D eigenvalue weighted by Gasteiger charge is -2.38. The zero-order valence-electron chi connectivity index (χ0n) is 12.4. The highest BCUT2D eigenvalue weighted by atomic mass is 16.5. The van der Waals surface area contributed by atoms with Gasteiger partial charge in [0.05, 0.1) is 6.61 Å². The minimum atomic E-state index is -0.738. The first-order valence-corrected chi connectivity index (χ1v) is 7.41. The first-order chi connectivity index (χ1) is 10.0. The fraction of sp³-hybridized carbons (Fsp3) is 0.667. The van der Waals surface area contributed by atoms with Crippen molar-refractivity contribution in [2.24, 2.45) is 5.92 Å². The number of piperazine rings is 1. The van der Waals surface area contributed by atoms with Crippen LogP contribution in [0.1, 0.15) is 39.5 Å². The van der Waals surface area contributed by atoms with Gasteiger partial charge in [0.2, 0.25) is 0 Å². The molecule has 1 saturated carbocycles. The molecule has 0 radical (unpaired) electrons. The maximum absolute atomic E-state index is 12.1. The molecule has 2 aliphatic rings. The van der Waals surface area contributed by atoms with Gasteiger partial charge in [-0.25, -0.2) is 4.79 Å². The second kappa shape index (κ2) is 6.61. The minimum absolute atomic E-state index is 0.0504. The Bertz CT molecular complexity index is 505. The number of carbonyl (C=O) groups is 2. The van der Waals surface area contributed by atoms with Gasteiger partial charge in [0, 0.05) is 12.1 Å². The van der Waals surface area contributed by atoms with Gasteiger partial charge in [0.15, 0.2) is 5.57 Å². The summed E-state index contributed by atoms with van der Waals surface area (Å²) in [6.45, 7) is 4.04. The molecule has 2 fully saturated rings. The molecule has 2 N–H and O–H groups in total. The average Bonchev–Trinajstić information content (AvgIpc) is 2.46. The standard InChI is InChI=1S/C15H21N3O3/c1-9(2)8-21-15(20)10(7-16)13-14(19)18-12-6-4-3-5-11(12)17-13/h9,11-12,17H,3-6,8H2,1-2H3,(H,18,19)/b13-10-/t11-,12-/m0/s1. The summed E-state index contributed by atoms with van der Waals surface area (Å²) < 4.78 is 5.05. The lowest BCUT2D eigenvalue weighted by molar-refractivity contribution is -0.140. The van der Waals surface area contributed by atoms with Gasteiger partial charge in [-0.15, -0.1) is 0 Å². The van der Waals surface area contributed by atoms with E-state index in [0.29, 0.717) is 0 Å². The molecule has 0 aromatic heterocycles. The van der Waals surface area contributed by atoms with E-state index in [1.807, 2.05) is 13.8 Å². The Balaban J connectivity index is 2.16. The fourth-order valence-electron chi connectivity index (χ4n) is 2.67. The number of nitrogens with zero attached hydrogens (tertiary/aromatic N) is 1. The number of carbonyl (C=O) groups excluding carboxylic acids is 2. The second-order valence-electron chi connectivity index (χ2n) is 5.97. The maximum atomic E-state index is 12.1. The van der Waals surface area contributed by atoms with Gasteiger partial charge in [0.1, 0.15) is 11.8 Å². The summed E-state index contributed by atoms with van der Waals surface area (Å²) >= 11 is 0. The van der Waals surface area contributed by atoms with E-state index in [9.17, 15) is 14.9 Å². The van der Waals surface area contributed by atoms with Crippen LogP contribution in [0.25, 0.3) is 0 Å². The van der Waals surface area contributed by atoms with Crippen LogP contribution in [0.5, 0.6) is 0 Å². The highest BCUT2D eigenvalue weighted by Gasteiger charge is 2.36. The molecule has 1 heterocycles. The SMILES string of the molecule is CC(C)COC(=O)/C(C#N)=C1\N[C@H]2CCCC[C@@H]2NC1=O. The van der Waals surface area contributed by atoms with Crippen molar-refractivity contribution in [3.63, 3.8) is 0 Å². The number of nitriles is 1. The van der Waals surface area contributed by atoms with Crippen molar-refractivity contribution in [1.82, 2.24) is 10.6 Å². The molecular weight excluding hydrogens is 270 g/mol. The van der Waals surface area contributed by atoms with Crippen molar-refractivity contribution in [1.29, 1.82) is 5.26 Å². The van der Waals surface area contributed by atoms with E-state index in [-0.39, 0.29) is 35.9 Å². The summed E-state index contributed by atoms with van der Waals surface area (Å²) in [5, 5.41) is 15.2. The zero-order chi connectivity index (χ0) is 15.4. The fourth-order valence-corrected chi connectivity index (χ4v) is 2.67. The molecule has 0 spiro atoms. The molecule has 114 valence electrons. The molecule has 1 aliphatic carbocycles. The Morgan fingerprint density at radius 2 is 1.95 bits per heavy atom. The van der Waals surface area contributed by atoms with Gasteiger partial charge in [-0.05, 0) is 18.8 Å². The zero-order valence-corrected chi connectivity index (χ0v) is 12.4. The molecule has 6 nitrogen and oxygen atoms in total. The second-order valence-corrected chi connectivity index (χ2v) is 5.97. The average molecular weight is 291 g/mol. The number of esters is 1. The first-order valence-electron chi connectivity index (χ1n) is 7.41. The summed E-state index contributed by atoms with van der Waals surface area (Å²) in [6, 6.07) is 1.98. The molecule has 0 aromatic rings. The van der Waals surface area contributed by atoms with Gasteiger partial charge < -0.3 is 15.4 Å². The van der Waals surface area contributed by atoms with Crippen LogP contribution in [0.4, 0.5) is 0 Å². The molecule has 1 amide bonds. The van der Waals surface area contributed by atoms with Crippen LogP contribution in [0.15, 0.2) is 11.3 Å². The molecule has 2 atom stereocenters. The molecular formula is C15H21N3O3. The Hall–Kier alpha value is -2.03. The van der Waals surface area contributed by atoms with E-state index in [2.05, 4.69) is 10.6 Å². The number of fused-ring (bicyclic) bond motifs is 1. The Morgan fingerprint density at radius 1 is 1.33 bits per heavy atom. The van der Waals surface area contributed by atoms with Crippen LogP contribution < -0.4 is 10.6 Å². The number of hydrogen-bond acceptors (Lipinski definition) is 5. The van der Waals surface area contributed by atoms with E-state index in [1.54, 1.807) is 6.07 Å². The quantitative estimate of drug-likeness (QED) is 0.460. The smallest absolute Gasteiger partial charge is 0.351 e. The van der Waals surface area contributed by atoms with E-state index in [4.69, 9.17) is 4.74 Å². The monoisotopic (exact) mass is 291 g/mol. The van der Waals surface area contributed by atoms with E-state index in [1.165, 1.54) is 0 Å². The highest BCUT2D eigenvalue weighted by Crippen LogP contribution is 2.23. The van der Waals surface area contributed by atoms with Crippen molar-refractivity contribution in [2.45, 2.75) is 51.6 Å². The summed E-state index contributed by atoms with van der Waals surface area (Å²) in [7, 11) is 0. The van der Waals surface area contributed by atoms with E-state index < -0.39 is 11.9 Å². The Kier molecular flexibility index (Phi) is 4.84. The van der Waals surface area contributed by atoms with Crippen molar-refractivity contribution in [3.05, 3.63) is 11.3 Å². The van der Waals surface area contributed by atoms with Crippen molar-refractivity contribution in [2.75, 3.05) is 6.61 Å². The third-order valence-corrected chi connectivity index (χ3v) is 3.75. The van der Waals surface area contributed by atoms with Crippen LogP contribution in [0.2, 0.25) is 0 Å². The number of rotatable bonds is 3. The first kappa shape index (κ1) is 15.4. The van der Waals surface area contributed by atoms with Crippen LogP contribution in [-0.2, 0) is 14.3 Å². The lowest BCUT2D eigenvalue weighted by Crippen LogP contribution is -2.59. The molecule has 0 aromatic carbocycles. The number of nitrogens with one attached hydrogen (secondary N) is 2. The summed E-state index contributed by atoms with van der Waals surface area (Å²) in [6.07, 6.45) is 4.02. The minimum Gasteiger partial charge on any atom is -0.461 e. The topological polar surface area (TPSA) is 91.2 Å². The third-order valence-electron chi connectivity index (χ3n) is 3.75. The third kappa shape index (κ3) is 3.54. The van der Waals surface area contributed by atoms with Gasteiger partial charge in [-0.3, -0.25) is 4.79 Å². The molecule has 0 bridgehead atoms. The molecule has 21 heavy (non-hydrogen) atoms. The molecule has 1 saturated heterocycles. The molecule has 2 rings (SSSR count). The Morgan fingerprint density at radius 3 is 2.52 bits per heavy atom. The van der Waals surface area contributed by atoms with Gasteiger partial charge in [-0.1, -0.05) is 26.7 Å². The van der Waals surface area contributed by atoms with Crippen molar-refractivity contribution < 1.29 is 14.3 Å². The molecule has 1 aliphatic heterocycles. The largest absolute Gasteiger partial charge is 0.461 e. The Labute approximate surface area is 124 Å². The number of amides is 1. The predicted molar refractivity (Wildman–Crippen MR) is 75.8 cm³/mol.